The Hall–Kier alpha value is -0.280. The van der Waals surface area contributed by atoms with E-state index in [2.05, 4.69) is 31.0 Å². The molecule has 0 radical (unpaired) electrons. The number of halogens is 1. The molecule has 1 unspecified atom stereocenters. The first kappa shape index (κ1) is 19.7. The van der Waals surface area contributed by atoms with Crippen LogP contribution >= 0.6 is 12.4 Å². The van der Waals surface area contributed by atoms with Crippen LogP contribution in [-0.4, -0.2) is 37.0 Å². The van der Waals surface area contributed by atoms with Gasteiger partial charge >= 0.3 is 0 Å². The van der Waals surface area contributed by atoms with E-state index in [1.54, 1.807) is 0 Å². The van der Waals surface area contributed by atoms with Gasteiger partial charge in [-0.1, -0.05) is 46.5 Å². The van der Waals surface area contributed by atoms with Gasteiger partial charge in [0.1, 0.15) is 0 Å². The molecule has 4 heteroatoms. The number of nitrogens with zero attached hydrogens (tertiary/aromatic N) is 1. The predicted octanol–water partition coefficient (Wildman–Crippen LogP) is 3.47. The molecule has 1 amide bonds. The van der Waals surface area contributed by atoms with Crippen LogP contribution in [0, 0.1) is 11.8 Å². The second-order valence-electron chi connectivity index (χ2n) is 5.95. The predicted molar refractivity (Wildman–Crippen MR) is 88.4 cm³/mol. The zero-order valence-corrected chi connectivity index (χ0v) is 14.3. The summed E-state index contributed by atoms with van der Waals surface area (Å²) < 4.78 is 0. The van der Waals surface area contributed by atoms with Gasteiger partial charge in [0.2, 0.25) is 5.91 Å². The largest absolute Gasteiger partial charge is 0.342 e. The van der Waals surface area contributed by atoms with Gasteiger partial charge in [-0.05, 0) is 31.8 Å². The Morgan fingerprint density at radius 3 is 1.95 bits per heavy atom. The molecule has 0 spiro atoms. The number of hydrogen-bond donors (Lipinski definition) is 1. The molecule has 1 rings (SSSR count). The monoisotopic (exact) mass is 304 g/mol. The van der Waals surface area contributed by atoms with Crippen molar-refractivity contribution in [1.29, 1.82) is 0 Å². The summed E-state index contributed by atoms with van der Waals surface area (Å²) >= 11 is 0. The zero-order chi connectivity index (χ0) is 14.1. The first-order chi connectivity index (χ1) is 9.20. The van der Waals surface area contributed by atoms with E-state index in [1.165, 1.54) is 25.7 Å². The maximum absolute atomic E-state index is 12.6. The van der Waals surface area contributed by atoms with E-state index in [0.29, 0.717) is 11.8 Å². The highest BCUT2D eigenvalue weighted by atomic mass is 35.5. The fraction of sp³-hybridized carbons (Fsp3) is 0.938. The summed E-state index contributed by atoms with van der Waals surface area (Å²) in [7, 11) is 0. The van der Waals surface area contributed by atoms with Crippen molar-refractivity contribution in [3.8, 4) is 0 Å². The maximum Gasteiger partial charge on any atom is 0.225 e. The van der Waals surface area contributed by atoms with Crippen molar-refractivity contribution in [1.82, 2.24) is 10.2 Å². The summed E-state index contributed by atoms with van der Waals surface area (Å²) in [5.74, 6) is 1.15. The van der Waals surface area contributed by atoms with Crippen molar-refractivity contribution in [2.24, 2.45) is 11.8 Å². The van der Waals surface area contributed by atoms with Crippen LogP contribution < -0.4 is 5.32 Å². The first-order valence-corrected chi connectivity index (χ1v) is 8.20. The van der Waals surface area contributed by atoms with Crippen LogP contribution in [0.25, 0.3) is 0 Å². The summed E-state index contributed by atoms with van der Waals surface area (Å²) in [4.78, 5) is 14.7. The van der Waals surface area contributed by atoms with Crippen molar-refractivity contribution >= 4 is 18.3 Å². The van der Waals surface area contributed by atoms with Crippen LogP contribution in [0.1, 0.15) is 59.3 Å². The van der Waals surface area contributed by atoms with E-state index in [-0.39, 0.29) is 18.3 Å². The third-order valence-corrected chi connectivity index (χ3v) is 4.28. The number of nitrogens with one attached hydrogen (secondary N) is 1. The number of carbonyl (C=O) groups is 1. The average Bonchev–Trinajstić information content (AvgIpc) is 2.34. The lowest BCUT2D eigenvalue weighted by Crippen LogP contribution is -2.50. The van der Waals surface area contributed by atoms with Crippen molar-refractivity contribution < 1.29 is 4.79 Å². The molecular formula is C16H33ClN2O. The minimum Gasteiger partial charge on any atom is -0.342 e. The molecule has 0 aromatic rings. The summed E-state index contributed by atoms with van der Waals surface area (Å²) in [6.07, 6.45) is 7.22. The maximum atomic E-state index is 12.6. The van der Waals surface area contributed by atoms with Gasteiger partial charge in [0.25, 0.3) is 0 Å². The van der Waals surface area contributed by atoms with E-state index in [1.807, 2.05) is 0 Å². The van der Waals surface area contributed by atoms with Crippen LogP contribution in [0.3, 0.4) is 0 Å². The van der Waals surface area contributed by atoms with Gasteiger partial charge in [0.15, 0.2) is 0 Å². The van der Waals surface area contributed by atoms with Gasteiger partial charge in [-0.2, -0.15) is 0 Å². The third kappa shape index (κ3) is 6.45. The molecule has 1 fully saturated rings. The van der Waals surface area contributed by atoms with E-state index >= 15 is 0 Å². The molecule has 0 aliphatic carbocycles. The van der Waals surface area contributed by atoms with Crippen molar-refractivity contribution in [3.63, 3.8) is 0 Å². The lowest BCUT2D eigenvalue weighted by atomic mass is 9.88. The highest BCUT2D eigenvalue weighted by molar-refractivity contribution is 5.85. The fourth-order valence-corrected chi connectivity index (χ4v) is 2.59. The molecule has 3 nitrogen and oxygen atoms in total. The van der Waals surface area contributed by atoms with Gasteiger partial charge in [-0.3, -0.25) is 4.79 Å². The minimum atomic E-state index is 0. The summed E-state index contributed by atoms with van der Waals surface area (Å²) in [6, 6.07) is 0. The number of rotatable bonds is 10. The highest BCUT2D eigenvalue weighted by Crippen LogP contribution is 2.19. The standard InChI is InChI=1S/C16H32N2O.ClH/c1-4-6-8-10-18(11-9-7-5-2)16(19)14(3)15-12-17-13-15;/h14-15,17H,4-13H2,1-3H3;1H. The Morgan fingerprint density at radius 1 is 1.10 bits per heavy atom. The van der Waals surface area contributed by atoms with Crippen molar-refractivity contribution in [2.45, 2.75) is 59.3 Å². The lowest BCUT2D eigenvalue weighted by molar-refractivity contribution is -0.137. The molecule has 1 saturated heterocycles. The third-order valence-electron chi connectivity index (χ3n) is 4.28. The van der Waals surface area contributed by atoms with E-state index in [9.17, 15) is 4.79 Å². The van der Waals surface area contributed by atoms with Crippen LogP contribution in [0.2, 0.25) is 0 Å². The average molecular weight is 305 g/mol. The van der Waals surface area contributed by atoms with Gasteiger partial charge in [0, 0.05) is 19.0 Å². The molecule has 0 bridgehead atoms. The molecule has 1 heterocycles. The van der Waals surface area contributed by atoms with Crippen LogP contribution in [0.5, 0.6) is 0 Å². The minimum absolute atomic E-state index is 0. The zero-order valence-electron chi connectivity index (χ0n) is 13.5. The molecule has 0 saturated carbocycles. The van der Waals surface area contributed by atoms with Crippen LogP contribution in [-0.2, 0) is 4.79 Å². The normalized spacial score (nSPS) is 16.1. The van der Waals surface area contributed by atoms with E-state index in [0.717, 1.165) is 39.0 Å². The number of hydrogen-bond acceptors (Lipinski definition) is 2. The molecule has 120 valence electrons. The number of amides is 1. The van der Waals surface area contributed by atoms with Gasteiger partial charge in [0.05, 0.1) is 0 Å². The van der Waals surface area contributed by atoms with Crippen LogP contribution in [0.15, 0.2) is 0 Å². The molecule has 20 heavy (non-hydrogen) atoms. The lowest BCUT2D eigenvalue weighted by Gasteiger charge is -2.35. The Morgan fingerprint density at radius 2 is 1.60 bits per heavy atom. The topological polar surface area (TPSA) is 32.3 Å². The van der Waals surface area contributed by atoms with Crippen LogP contribution in [0.4, 0.5) is 0 Å². The molecule has 1 atom stereocenters. The van der Waals surface area contributed by atoms with Gasteiger partial charge in [-0.15, -0.1) is 12.4 Å². The summed E-state index contributed by atoms with van der Waals surface area (Å²) in [5.41, 5.74) is 0. The first-order valence-electron chi connectivity index (χ1n) is 8.20. The summed E-state index contributed by atoms with van der Waals surface area (Å²) in [6.45, 7) is 10.5. The number of carbonyl (C=O) groups excluding carboxylic acids is 1. The van der Waals surface area contributed by atoms with Crippen molar-refractivity contribution in [2.75, 3.05) is 26.2 Å². The summed E-state index contributed by atoms with van der Waals surface area (Å²) in [5, 5.41) is 3.27. The molecule has 0 aromatic carbocycles. The Bertz CT molecular complexity index is 247. The second-order valence-corrected chi connectivity index (χ2v) is 5.95. The molecule has 1 aliphatic rings. The molecule has 1 aliphatic heterocycles. The van der Waals surface area contributed by atoms with E-state index in [4.69, 9.17) is 0 Å². The number of unbranched alkanes of at least 4 members (excludes halogenated alkanes) is 4. The highest BCUT2D eigenvalue weighted by Gasteiger charge is 2.31. The SMILES string of the molecule is CCCCCN(CCCCC)C(=O)C(C)C1CNC1.Cl. The van der Waals surface area contributed by atoms with Gasteiger partial charge < -0.3 is 10.2 Å². The Kier molecular flexibility index (Phi) is 11.2. The van der Waals surface area contributed by atoms with Gasteiger partial charge in [-0.25, -0.2) is 0 Å². The second kappa shape index (κ2) is 11.4. The van der Waals surface area contributed by atoms with Crippen molar-refractivity contribution in [3.05, 3.63) is 0 Å². The van der Waals surface area contributed by atoms with E-state index < -0.39 is 0 Å². The Balaban J connectivity index is 0.00000361. The smallest absolute Gasteiger partial charge is 0.225 e. The fourth-order valence-electron chi connectivity index (χ4n) is 2.59. The molecular weight excluding hydrogens is 272 g/mol. The Labute approximate surface area is 131 Å². The molecule has 0 aromatic heterocycles. The molecule has 1 N–H and O–H groups in total. The quantitative estimate of drug-likeness (QED) is 0.627.